The maximum atomic E-state index is 12.5. The van der Waals surface area contributed by atoms with Crippen molar-refractivity contribution in [2.24, 2.45) is 0 Å². The number of aliphatic hydroxyl groups excluding tert-OH is 1. The number of benzene rings is 1. The van der Waals surface area contributed by atoms with Crippen LogP contribution in [0.1, 0.15) is 31.2 Å². The number of hydrogen-bond donors (Lipinski definition) is 3. The van der Waals surface area contributed by atoms with E-state index in [2.05, 4.69) is 10.6 Å². The molecule has 118 valence electrons. The molecule has 1 rings (SSSR count). The molecule has 0 aliphatic heterocycles. The zero-order valence-corrected chi connectivity index (χ0v) is 11.5. The lowest BCUT2D eigenvalue weighted by atomic mass is 10.2. The van der Waals surface area contributed by atoms with Gasteiger partial charge >= 0.3 is 12.2 Å². The third-order valence-corrected chi connectivity index (χ3v) is 2.82. The van der Waals surface area contributed by atoms with Gasteiger partial charge in [-0.25, -0.2) is 4.79 Å². The van der Waals surface area contributed by atoms with E-state index in [0.29, 0.717) is 6.54 Å². The summed E-state index contributed by atoms with van der Waals surface area (Å²) in [5.41, 5.74) is -0.702. The Labute approximate surface area is 121 Å². The van der Waals surface area contributed by atoms with Gasteiger partial charge in [-0.3, -0.25) is 0 Å². The molecule has 0 atom stereocenters. The molecule has 0 aromatic heterocycles. The molecule has 0 unspecified atom stereocenters. The zero-order valence-electron chi connectivity index (χ0n) is 11.5. The molecule has 4 nitrogen and oxygen atoms in total. The van der Waals surface area contributed by atoms with Crippen LogP contribution in [-0.4, -0.2) is 24.3 Å². The van der Waals surface area contributed by atoms with Crippen LogP contribution in [0.5, 0.6) is 0 Å². The molecule has 0 aliphatic carbocycles. The lowest BCUT2D eigenvalue weighted by molar-refractivity contribution is -0.137. The van der Waals surface area contributed by atoms with Crippen LogP contribution < -0.4 is 10.6 Å². The summed E-state index contributed by atoms with van der Waals surface area (Å²) in [4.78, 5) is 11.5. The van der Waals surface area contributed by atoms with Crippen LogP contribution in [-0.2, 0) is 6.18 Å². The van der Waals surface area contributed by atoms with Crippen molar-refractivity contribution < 1.29 is 23.1 Å². The molecule has 0 saturated carbocycles. The summed E-state index contributed by atoms with van der Waals surface area (Å²) in [5.74, 6) is 0. The minimum absolute atomic E-state index is 0.0996. The fourth-order valence-electron chi connectivity index (χ4n) is 1.74. The van der Waals surface area contributed by atoms with Crippen molar-refractivity contribution >= 4 is 11.7 Å². The van der Waals surface area contributed by atoms with Crippen molar-refractivity contribution in [3.63, 3.8) is 0 Å². The topological polar surface area (TPSA) is 61.4 Å². The molecular formula is C14H19F3N2O2. The Balaban J connectivity index is 2.35. The van der Waals surface area contributed by atoms with Crippen molar-refractivity contribution in [3.05, 3.63) is 29.8 Å². The van der Waals surface area contributed by atoms with E-state index in [1.54, 1.807) is 0 Å². The highest BCUT2D eigenvalue weighted by atomic mass is 19.4. The van der Waals surface area contributed by atoms with Crippen LogP contribution in [0, 0.1) is 0 Å². The maximum Gasteiger partial charge on any atom is 0.416 e. The van der Waals surface area contributed by atoms with E-state index < -0.39 is 17.8 Å². The van der Waals surface area contributed by atoms with E-state index >= 15 is 0 Å². The largest absolute Gasteiger partial charge is 0.416 e. The number of alkyl halides is 3. The Bertz CT molecular complexity index is 450. The molecule has 1 aromatic carbocycles. The molecular weight excluding hydrogens is 285 g/mol. The van der Waals surface area contributed by atoms with Gasteiger partial charge in [0.15, 0.2) is 0 Å². The lowest BCUT2D eigenvalue weighted by Crippen LogP contribution is -2.29. The number of nitrogens with one attached hydrogen (secondary N) is 2. The van der Waals surface area contributed by atoms with Gasteiger partial charge in [-0.1, -0.05) is 18.9 Å². The average molecular weight is 304 g/mol. The first-order valence-corrected chi connectivity index (χ1v) is 6.76. The maximum absolute atomic E-state index is 12.5. The Kier molecular flexibility index (Phi) is 7.01. The molecule has 0 heterocycles. The Morgan fingerprint density at radius 1 is 1.14 bits per heavy atom. The van der Waals surface area contributed by atoms with Gasteiger partial charge < -0.3 is 15.7 Å². The third-order valence-electron chi connectivity index (χ3n) is 2.82. The van der Waals surface area contributed by atoms with Crippen LogP contribution >= 0.6 is 0 Å². The average Bonchev–Trinajstić information content (AvgIpc) is 2.42. The van der Waals surface area contributed by atoms with Gasteiger partial charge in [-0.05, 0) is 31.0 Å². The molecule has 3 N–H and O–H groups in total. The summed E-state index contributed by atoms with van der Waals surface area (Å²) in [6, 6.07) is 3.95. The SMILES string of the molecule is O=C(NCCCCCCO)Nc1cccc(C(F)(F)F)c1. The van der Waals surface area contributed by atoms with Crippen LogP contribution in [0.25, 0.3) is 0 Å². The van der Waals surface area contributed by atoms with E-state index in [9.17, 15) is 18.0 Å². The summed E-state index contributed by atoms with van der Waals surface area (Å²) in [6.07, 6.45) is -1.18. The van der Waals surface area contributed by atoms with Gasteiger partial charge in [0, 0.05) is 18.8 Å². The highest BCUT2D eigenvalue weighted by molar-refractivity contribution is 5.89. The van der Waals surface area contributed by atoms with E-state index in [1.165, 1.54) is 12.1 Å². The third kappa shape index (κ3) is 6.99. The minimum Gasteiger partial charge on any atom is -0.396 e. The predicted molar refractivity (Wildman–Crippen MR) is 74.0 cm³/mol. The fraction of sp³-hybridized carbons (Fsp3) is 0.500. The monoisotopic (exact) mass is 304 g/mol. The van der Waals surface area contributed by atoms with Gasteiger partial charge in [0.25, 0.3) is 0 Å². The van der Waals surface area contributed by atoms with Crippen molar-refractivity contribution in [3.8, 4) is 0 Å². The van der Waals surface area contributed by atoms with E-state index in [-0.39, 0.29) is 12.3 Å². The number of carbonyl (C=O) groups is 1. The van der Waals surface area contributed by atoms with Crippen LogP contribution in [0.3, 0.4) is 0 Å². The molecule has 0 saturated heterocycles. The van der Waals surface area contributed by atoms with E-state index in [1.807, 2.05) is 0 Å². The number of amides is 2. The number of aliphatic hydroxyl groups is 1. The van der Waals surface area contributed by atoms with Gasteiger partial charge in [0.1, 0.15) is 0 Å². The second-order valence-electron chi connectivity index (χ2n) is 4.60. The highest BCUT2D eigenvalue weighted by Crippen LogP contribution is 2.30. The van der Waals surface area contributed by atoms with Gasteiger partial charge in [0.2, 0.25) is 0 Å². The summed E-state index contributed by atoms with van der Waals surface area (Å²) in [6.45, 7) is 0.597. The van der Waals surface area contributed by atoms with Crippen LogP contribution in [0.15, 0.2) is 24.3 Å². The smallest absolute Gasteiger partial charge is 0.396 e. The lowest BCUT2D eigenvalue weighted by Gasteiger charge is -2.10. The number of carbonyl (C=O) groups excluding carboxylic acids is 1. The first kappa shape index (κ1) is 17.3. The van der Waals surface area contributed by atoms with Crippen molar-refractivity contribution in [2.75, 3.05) is 18.5 Å². The standard InChI is InChI=1S/C14H19F3N2O2/c15-14(16,17)11-6-5-7-12(10-11)19-13(21)18-8-3-1-2-4-9-20/h5-7,10,20H,1-4,8-9H2,(H2,18,19,21). The molecule has 0 spiro atoms. The summed E-state index contributed by atoms with van der Waals surface area (Å²) in [5, 5.41) is 13.5. The summed E-state index contributed by atoms with van der Waals surface area (Å²) in [7, 11) is 0. The number of anilines is 1. The molecule has 0 aliphatic rings. The Morgan fingerprint density at radius 2 is 1.86 bits per heavy atom. The molecule has 21 heavy (non-hydrogen) atoms. The van der Waals surface area contributed by atoms with Crippen LogP contribution in [0.2, 0.25) is 0 Å². The summed E-state index contributed by atoms with van der Waals surface area (Å²) >= 11 is 0. The molecule has 7 heteroatoms. The Morgan fingerprint density at radius 3 is 2.52 bits per heavy atom. The van der Waals surface area contributed by atoms with Gasteiger partial charge in [-0.2, -0.15) is 13.2 Å². The normalized spacial score (nSPS) is 11.2. The van der Waals surface area contributed by atoms with Crippen molar-refractivity contribution in [1.29, 1.82) is 0 Å². The number of urea groups is 1. The van der Waals surface area contributed by atoms with E-state index in [4.69, 9.17) is 5.11 Å². The highest BCUT2D eigenvalue weighted by Gasteiger charge is 2.30. The van der Waals surface area contributed by atoms with E-state index in [0.717, 1.165) is 37.8 Å². The molecule has 0 radical (unpaired) electrons. The number of hydrogen-bond acceptors (Lipinski definition) is 2. The molecule has 0 bridgehead atoms. The van der Waals surface area contributed by atoms with Gasteiger partial charge in [0.05, 0.1) is 5.56 Å². The summed E-state index contributed by atoms with van der Waals surface area (Å²) < 4.78 is 37.5. The minimum atomic E-state index is -4.43. The first-order valence-electron chi connectivity index (χ1n) is 6.76. The zero-order chi connectivity index (χ0) is 15.7. The second-order valence-corrected chi connectivity index (χ2v) is 4.60. The molecule has 0 fully saturated rings. The van der Waals surface area contributed by atoms with Crippen molar-refractivity contribution in [1.82, 2.24) is 5.32 Å². The van der Waals surface area contributed by atoms with Gasteiger partial charge in [-0.15, -0.1) is 0 Å². The fourth-order valence-corrected chi connectivity index (χ4v) is 1.74. The van der Waals surface area contributed by atoms with Crippen molar-refractivity contribution in [2.45, 2.75) is 31.9 Å². The van der Waals surface area contributed by atoms with Crippen LogP contribution in [0.4, 0.5) is 23.7 Å². The quantitative estimate of drug-likeness (QED) is 0.676. The number of unbranched alkanes of at least 4 members (excludes halogenated alkanes) is 3. The Hall–Kier alpha value is -1.76. The first-order chi connectivity index (χ1) is 9.93. The number of halogens is 3. The molecule has 1 aromatic rings. The molecule has 2 amide bonds. The number of rotatable bonds is 7. The predicted octanol–water partition coefficient (Wildman–Crippen LogP) is 3.38. The second kappa shape index (κ2) is 8.51.